The molecule has 112 valence electrons. The molecular weight excluding hydrogens is 258 g/mol. The predicted octanol–water partition coefficient (Wildman–Crippen LogP) is 3.66. The lowest BCUT2D eigenvalue weighted by atomic mass is 9.97. The Labute approximate surface area is 126 Å². The zero-order valence-electron chi connectivity index (χ0n) is 13.0. The van der Waals surface area contributed by atoms with Gasteiger partial charge in [0, 0.05) is 7.05 Å². The van der Waals surface area contributed by atoms with Crippen molar-refractivity contribution < 1.29 is 0 Å². The maximum Gasteiger partial charge on any atom is 0.126 e. The Balaban J connectivity index is 1.47. The van der Waals surface area contributed by atoms with Gasteiger partial charge in [-0.3, -0.25) is 0 Å². The highest BCUT2D eigenvalue weighted by Gasteiger charge is 2.41. The lowest BCUT2D eigenvalue weighted by molar-refractivity contribution is 0.357. The Hall–Kier alpha value is -1.35. The molecule has 0 amide bonds. The molecule has 1 unspecified atom stereocenters. The molecule has 0 saturated heterocycles. The quantitative estimate of drug-likeness (QED) is 0.877. The minimum Gasteiger partial charge on any atom is -0.330 e. The molecule has 0 spiro atoms. The van der Waals surface area contributed by atoms with Crippen LogP contribution in [0.3, 0.4) is 0 Å². The molecule has 2 saturated carbocycles. The summed E-state index contributed by atoms with van der Waals surface area (Å²) >= 11 is 0. The van der Waals surface area contributed by atoms with Crippen LogP contribution >= 0.6 is 0 Å². The molecule has 2 fully saturated rings. The topological polar surface area (TPSA) is 29.9 Å². The van der Waals surface area contributed by atoms with Crippen LogP contribution in [-0.2, 0) is 7.05 Å². The van der Waals surface area contributed by atoms with Gasteiger partial charge < -0.3 is 9.88 Å². The van der Waals surface area contributed by atoms with Gasteiger partial charge in [0.05, 0.1) is 17.1 Å². The first kappa shape index (κ1) is 13.3. The number of hydrogen-bond donors (Lipinski definition) is 1. The molecule has 1 aromatic heterocycles. The van der Waals surface area contributed by atoms with E-state index in [4.69, 9.17) is 4.98 Å². The maximum atomic E-state index is 4.81. The third-order valence-corrected chi connectivity index (χ3v) is 5.32. The van der Waals surface area contributed by atoms with E-state index in [1.807, 2.05) is 0 Å². The summed E-state index contributed by atoms with van der Waals surface area (Å²) in [6.45, 7) is 3.41. The molecule has 0 bridgehead atoms. The highest BCUT2D eigenvalue weighted by atomic mass is 15.1. The maximum absolute atomic E-state index is 4.81. The standard InChI is InChI=1S/C18H25N3/c1-12(19-11-15(13-7-8-13)14-9-10-14)18-20-16-5-3-4-6-17(16)21(18)2/h3-6,12-15,19H,7-11H2,1-2H3. The van der Waals surface area contributed by atoms with E-state index in [1.54, 1.807) is 0 Å². The van der Waals surface area contributed by atoms with Gasteiger partial charge in [0.1, 0.15) is 5.82 Å². The number of hydrogen-bond acceptors (Lipinski definition) is 2. The fourth-order valence-electron chi connectivity index (χ4n) is 3.72. The zero-order chi connectivity index (χ0) is 14.4. The van der Waals surface area contributed by atoms with Crippen molar-refractivity contribution in [3.05, 3.63) is 30.1 Å². The molecular formula is C18H25N3. The van der Waals surface area contributed by atoms with E-state index < -0.39 is 0 Å². The monoisotopic (exact) mass is 283 g/mol. The first-order chi connectivity index (χ1) is 10.2. The molecule has 1 N–H and O–H groups in total. The van der Waals surface area contributed by atoms with Crippen molar-refractivity contribution >= 4 is 11.0 Å². The molecule has 1 atom stereocenters. The molecule has 4 rings (SSSR count). The smallest absolute Gasteiger partial charge is 0.126 e. The summed E-state index contributed by atoms with van der Waals surface area (Å²) in [5, 5.41) is 3.76. The summed E-state index contributed by atoms with van der Waals surface area (Å²) in [6.07, 6.45) is 5.85. The largest absolute Gasteiger partial charge is 0.330 e. The van der Waals surface area contributed by atoms with Crippen LogP contribution in [0.4, 0.5) is 0 Å². The fourth-order valence-corrected chi connectivity index (χ4v) is 3.72. The molecule has 2 aromatic rings. The first-order valence-electron chi connectivity index (χ1n) is 8.39. The zero-order valence-corrected chi connectivity index (χ0v) is 13.0. The Morgan fingerprint density at radius 3 is 2.48 bits per heavy atom. The van der Waals surface area contributed by atoms with Crippen LogP contribution in [0, 0.1) is 17.8 Å². The number of aromatic nitrogens is 2. The van der Waals surface area contributed by atoms with E-state index in [0.717, 1.165) is 29.1 Å². The average Bonchev–Trinajstić information content (AvgIpc) is 3.39. The molecule has 0 radical (unpaired) electrons. The minimum absolute atomic E-state index is 0.322. The highest BCUT2D eigenvalue weighted by Crippen LogP contribution is 2.49. The van der Waals surface area contributed by atoms with Crippen LogP contribution in [0.1, 0.15) is 44.5 Å². The molecule has 3 heteroatoms. The second-order valence-corrected chi connectivity index (χ2v) is 6.99. The first-order valence-corrected chi connectivity index (χ1v) is 8.39. The number of para-hydroxylation sites is 2. The van der Waals surface area contributed by atoms with Crippen molar-refractivity contribution in [3.8, 4) is 0 Å². The van der Waals surface area contributed by atoms with Crippen LogP contribution in [-0.4, -0.2) is 16.1 Å². The molecule has 2 aliphatic rings. The van der Waals surface area contributed by atoms with E-state index in [0.29, 0.717) is 6.04 Å². The number of fused-ring (bicyclic) bond motifs is 1. The van der Waals surface area contributed by atoms with E-state index in [2.05, 4.69) is 48.1 Å². The lowest BCUT2D eigenvalue weighted by Crippen LogP contribution is -2.29. The summed E-state index contributed by atoms with van der Waals surface area (Å²) in [4.78, 5) is 4.81. The number of nitrogens with zero attached hydrogens (tertiary/aromatic N) is 2. The van der Waals surface area contributed by atoms with E-state index >= 15 is 0 Å². The summed E-state index contributed by atoms with van der Waals surface area (Å²) in [5.41, 5.74) is 2.33. The SMILES string of the molecule is CC(NCC(C1CC1)C1CC1)c1nc2ccccc2n1C. The predicted molar refractivity (Wildman–Crippen MR) is 86.1 cm³/mol. The summed E-state index contributed by atoms with van der Waals surface area (Å²) < 4.78 is 2.23. The molecule has 1 aromatic carbocycles. The number of imidazole rings is 1. The van der Waals surface area contributed by atoms with Gasteiger partial charge in [0.25, 0.3) is 0 Å². The fraction of sp³-hybridized carbons (Fsp3) is 0.611. The van der Waals surface area contributed by atoms with Gasteiger partial charge >= 0.3 is 0 Å². The molecule has 3 nitrogen and oxygen atoms in total. The van der Waals surface area contributed by atoms with Gasteiger partial charge in [-0.2, -0.15) is 0 Å². The number of nitrogens with one attached hydrogen (secondary N) is 1. The van der Waals surface area contributed by atoms with E-state index in [9.17, 15) is 0 Å². The van der Waals surface area contributed by atoms with Gasteiger partial charge in [-0.15, -0.1) is 0 Å². The van der Waals surface area contributed by atoms with Gasteiger partial charge in [0.15, 0.2) is 0 Å². The van der Waals surface area contributed by atoms with Gasteiger partial charge in [-0.25, -0.2) is 4.98 Å². The van der Waals surface area contributed by atoms with Crippen molar-refractivity contribution in [2.45, 2.75) is 38.6 Å². The Morgan fingerprint density at radius 1 is 1.19 bits per heavy atom. The summed E-state index contributed by atoms with van der Waals surface area (Å²) in [6, 6.07) is 8.72. The number of benzene rings is 1. The second-order valence-electron chi connectivity index (χ2n) is 6.99. The molecule has 2 aliphatic carbocycles. The minimum atomic E-state index is 0.322. The Bertz CT molecular complexity index is 625. The number of aryl methyl sites for hydroxylation is 1. The molecule has 1 heterocycles. The van der Waals surface area contributed by atoms with Gasteiger partial charge in [-0.05, 0) is 69.0 Å². The van der Waals surface area contributed by atoms with Crippen molar-refractivity contribution in [1.82, 2.24) is 14.9 Å². The molecule has 0 aliphatic heterocycles. The summed E-state index contributed by atoms with van der Waals surface area (Å²) in [5.74, 6) is 4.10. The van der Waals surface area contributed by atoms with Crippen molar-refractivity contribution in [1.29, 1.82) is 0 Å². The van der Waals surface area contributed by atoms with E-state index in [-0.39, 0.29) is 0 Å². The van der Waals surface area contributed by atoms with Gasteiger partial charge in [0.2, 0.25) is 0 Å². The van der Waals surface area contributed by atoms with Crippen molar-refractivity contribution in [3.63, 3.8) is 0 Å². The van der Waals surface area contributed by atoms with Crippen LogP contribution in [0.25, 0.3) is 11.0 Å². The van der Waals surface area contributed by atoms with Crippen LogP contribution in [0.15, 0.2) is 24.3 Å². The van der Waals surface area contributed by atoms with E-state index in [1.165, 1.54) is 37.7 Å². The van der Waals surface area contributed by atoms with Crippen LogP contribution in [0.2, 0.25) is 0 Å². The second kappa shape index (κ2) is 5.13. The van der Waals surface area contributed by atoms with Crippen LogP contribution < -0.4 is 5.32 Å². The molecule has 21 heavy (non-hydrogen) atoms. The lowest BCUT2D eigenvalue weighted by Gasteiger charge is -2.20. The summed E-state index contributed by atoms with van der Waals surface area (Å²) in [7, 11) is 2.13. The Kier molecular flexibility index (Phi) is 3.26. The third-order valence-electron chi connectivity index (χ3n) is 5.32. The highest BCUT2D eigenvalue weighted by molar-refractivity contribution is 5.75. The van der Waals surface area contributed by atoms with Crippen molar-refractivity contribution in [2.24, 2.45) is 24.8 Å². The number of rotatable bonds is 6. The average molecular weight is 283 g/mol. The third kappa shape index (κ3) is 2.59. The van der Waals surface area contributed by atoms with Crippen molar-refractivity contribution in [2.75, 3.05) is 6.54 Å². The Morgan fingerprint density at radius 2 is 1.86 bits per heavy atom. The van der Waals surface area contributed by atoms with Gasteiger partial charge in [-0.1, -0.05) is 12.1 Å². The van der Waals surface area contributed by atoms with Crippen LogP contribution in [0.5, 0.6) is 0 Å². The normalized spacial score (nSPS) is 20.3.